The molecule has 5 nitrogen and oxygen atoms in total. The highest BCUT2D eigenvalue weighted by atomic mass is 79.9. The van der Waals surface area contributed by atoms with E-state index >= 15 is 0 Å². The fourth-order valence-corrected chi connectivity index (χ4v) is 4.05. The van der Waals surface area contributed by atoms with E-state index in [2.05, 4.69) is 45.1 Å². The van der Waals surface area contributed by atoms with Crippen LogP contribution < -0.4 is 10.2 Å². The smallest absolute Gasteiger partial charge is 0.246 e. The minimum Gasteiger partial charge on any atom is -0.334 e. The second kappa shape index (κ2) is 4.18. The average molecular weight is 336 g/mol. The van der Waals surface area contributed by atoms with Gasteiger partial charge in [0, 0.05) is 35.8 Å². The molecular formula is C14H18BrN5. The van der Waals surface area contributed by atoms with E-state index in [1.165, 1.54) is 0 Å². The molecule has 2 aromatic rings. The SMILES string of the molecule is CC1(C)C2CNCC2CN1c1nc2ccc(Br)cn2n1. The first-order valence-electron chi connectivity index (χ1n) is 7.06. The van der Waals surface area contributed by atoms with Gasteiger partial charge in [-0.25, -0.2) is 4.52 Å². The van der Waals surface area contributed by atoms with E-state index < -0.39 is 0 Å². The molecule has 0 amide bonds. The van der Waals surface area contributed by atoms with Crippen LogP contribution in [0.2, 0.25) is 0 Å². The van der Waals surface area contributed by atoms with Gasteiger partial charge < -0.3 is 10.2 Å². The van der Waals surface area contributed by atoms with Gasteiger partial charge in [0.1, 0.15) is 0 Å². The quantitative estimate of drug-likeness (QED) is 0.864. The van der Waals surface area contributed by atoms with Gasteiger partial charge in [-0.2, -0.15) is 4.98 Å². The third-order valence-corrected chi connectivity index (χ3v) is 5.35. The monoisotopic (exact) mass is 335 g/mol. The van der Waals surface area contributed by atoms with Gasteiger partial charge in [0.25, 0.3) is 0 Å². The van der Waals surface area contributed by atoms with Gasteiger partial charge in [0.05, 0.1) is 0 Å². The molecular weight excluding hydrogens is 318 g/mol. The van der Waals surface area contributed by atoms with Gasteiger partial charge in [0.15, 0.2) is 5.65 Å². The topological polar surface area (TPSA) is 45.5 Å². The van der Waals surface area contributed by atoms with Gasteiger partial charge in [-0.1, -0.05) is 0 Å². The van der Waals surface area contributed by atoms with Crippen LogP contribution in [0.25, 0.3) is 5.65 Å². The third-order valence-electron chi connectivity index (χ3n) is 4.89. The number of nitrogens with zero attached hydrogens (tertiary/aromatic N) is 4. The van der Waals surface area contributed by atoms with Crippen LogP contribution in [0, 0.1) is 11.8 Å². The first kappa shape index (κ1) is 12.6. The largest absolute Gasteiger partial charge is 0.334 e. The molecule has 0 aliphatic carbocycles. The molecule has 2 aliphatic rings. The number of fused-ring (bicyclic) bond motifs is 2. The van der Waals surface area contributed by atoms with Crippen LogP contribution >= 0.6 is 15.9 Å². The second-order valence-corrected chi connectivity index (χ2v) is 7.27. The van der Waals surface area contributed by atoms with Crippen molar-refractivity contribution >= 4 is 27.5 Å². The molecule has 4 heterocycles. The number of rotatable bonds is 1. The van der Waals surface area contributed by atoms with Gasteiger partial charge in [0.2, 0.25) is 5.95 Å². The molecule has 106 valence electrons. The summed E-state index contributed by atoms with van der Waals surface area (Å²) in [7, 11) is 0. The summed E-state index contributed by atoms with van der Waals surface area (Å²) in [5.74, 6) is 2.24. The Bertz CT molecular complexity index is 665. The number of anilines is 1. The summed E-state index contributed by atoms with van der Waals surface area (Å²) in [4.78, 5) is 7.07. The van der Waals surface area contributed by atoms with E-state index in [1.807, 2.05) is 22.8 Å². The number of aromatic nitrogens is 3. The fraction of sp³-hybridized carbons (Fsp3) is 0.571. The molecule has 2 saturated heterocycles. The Labute approximate surface area is 126 Å². The van der Waals surface area contributed by atoms with E-state index in [1.54, 1.807) is 0 Å². The van der Waals surface area contributed by atoms with Crippen molar-refractivity contribution in [3.05, 3.63) is 22.8 Å². The van der Waals surface area contributed by atoms with Crippen molar-refractivity contribution in [2.45, 2.75) is 19.4 Å². The van der Waals surface area contributed by atoms with Crippen molar-refractivity contribution in [1.82, 2.24) is 19.9 Å². The number of halogens is 1. The zero-order valence-corrected chi connectivity index (χ0v) is 13.3. The van der Waals surface area contributed by atoms with Crippen LogP contribution in [-0.2, 0) is 0 Å². The molecule has 2 fully saturated rings. The zero-order valence-electron chi connectivity index (χ0n) is 11.7. The van der Waals surface area contributed by atoms with Gasteiger partial charge in [-0.3, -0.25) is 0 Å². The lowest BCUT2D eigenvalue weighted by Gasteiger charge is -2.34. The predicted molar refractivity (Wildman–Crippen MR) is 82.0 cm³/mol. The first-order chi connectivity index (χ1) is 9.55. The van der Waals surface area contributed by atoms with Crippen LogP contribution in [0.4, 0.5) is 5.95 Å². The summed E-state index contributed by atoms with van der Waals surface area (Å²) in [5.41, 5.74) is 1.00. The Morgan fingerprint density at radius 3 is 3.00 bits per heavy atom. The minimum absolute atomic E-state index is 0.107. The Morgan fingerprint density at radius 1 is 1.35 bits per heavy atom. The summed E-state index contributed by atoms with van der Waals surface area (Å²) < 4.78 is 2.87. The maximum absolute atomic E-state index is 4.70. The zero-order chi connectivity index (χ0) is 13.9. The lowest BCUT2D eigenvalue weighted by atomic mass is 9.85. The number of hydrogen-bond donors (Lipinski definition) is 1. The van der Waals surface area contributed by atoms with Crippen molar-refractivity contribution in [3.8, 4) is 0 Å². The molecule has 20 heavy (non-hydrogen) atoms. The molecule has 4 rings (SSSR count). The number of hydrogen-bond acceptors (Lipinski definition) is 4. The molecule has 0 bridgehead atoms. The molecule has 1 N–H and O–H groups in total. The lowest BCUT2D eigenvalue weighted by Crippen LogP contribution is -2.45. The highest BCUT2D eigenvalue weighted by molar-refractivity contribution is 9.10. The molecule has 2 aliphatic heterocycles. The van der Waals surface area contributed by atoms with Crippen molar-refractivity contribution in [2.75, 3.05) is 24.5 Å². The maximum atomic E-state index is 4.70. The van der Waals surface area contributed by atoms with Crippen molar-refractivity contribution in [1.29, 1.82) is 0 Å². The lowest BCUT2D eigenvalue weighted by molar-refractivity contribution is 0.355. The van der Waals surface area contributed by atoms with Gasteiger partial charge in [-0.15, -0.1) is 5.10 Å². The van der Waals surface area contributed by atoms with Gasteiger partial charge >= 0.3 is 0 Å². The second-order valence-electron chi connectivity index (χ2n) is 6.35. The highest BCUT2D eigenvalue weighted by Gasteiger charge is 2.50. The Balaban J connectivity index is 1.75. The van der Waals surface area contributed by atoms with Crippen LogP contribution in [0.5, 0.6) is 0 Å². The molecule has 0 radical (unpaired) electrons. The molecule has 6 heteroatoms. The van der Waals surface area contributed by atoms with E-state index in [9.17, 15) is 0 Å². The minimum atomic E-state index is 0.107. The highest BCUT2D eigenvalue weighted by Crippen LogP contribution is 2.42. The molecule has 2 unspecified atom stereocenters. The van der Waals surface area contributed by atoms with E-state index in [4.69, 9.17) is 4.98 Å². The number of pyridine rings is 1. The Morgan fingerprint density at radius 2 is 2.20 bits per heavy atom. The van der Waals surface area contributed by atoms with E-state index in [-0.39, 0.29) is 5.54 Å². The molecule has 0 aromatic carbocycles. The van der Waals surface area contributed by atoms with Crippen LogP contribution in [0.15, 0.2) is 22.8 Å². The first-order valence-corrected chi connectivity index (χ1v) is 7.85. The van der Waals surface area contributed by atoms with Crippen molar-refractivity contribution in [2.24, 2.45) is 11.8 Å². The molecule has 2 aromatic heterocycles. The molecule has 2 atom stereocenters. The predicted octanol–water partition coefficient (Wildman–Crippen LogP) is 1.93. The van der Waals surface area contributed by atoms with Crippen molar-refractivity contribution < 1.29 is 0 Å². The van der Waals surface area contributed by atoms with Gasteiger partial charge in [-0.05, 0) is 53.7 Å². The summed E-state index contributed by atoms with van der Waals surface area (Å²) in [6, 6.07) is 3.99. The average Bonchev–Trinajstić information content (AvgIpc) is 3.04. The summed E-state index contributed by atoms with van der Waals surface area (Å²) in [6.45, 7) is 7.89. The molecule has 0 spiro atoms. The van der Waals surface area contributed by atoms with Crippen LogP contribution in [-0.4, -0.2) is 39.8 Å². The van der Waals surface area contributed by atoms with Crippen molar-refractivity contribution in [3.63, 3.8) is 0 Å². The Kier molecular flexibility index (Phi) is 2.63. The Hall–Kier alpha value is -1.14. The summed E-state index contributed by atoms with van der Waals surface area (Å²) in [5, 5.41) is 8.17. The van der Waals surface area contributed by atoms with Crippen LogP contribution in [0.3, 0.4) is 0 Å². The number of nitrogens with one attached hydrogen (secondary N) is 1. The standard InChI is InChI=1S/C14H18BrN5/c1-14(2)11-6-16-5-9(11)7-19(14)13-17-12-4-3-10(15)8-20(12)18-13/h3-4,8-9,11,16H,5-7H2,1-2H3. The summed E-state index contributed by atoms with van der Waals surface area (Å²) >= 11 is 3.48. The fourth-order valence-electron chi connectivity index (χ4n) is 3.72. The molecule has 0 saturated carbocycles. The maximum Gasteiger partial charge on any atom is 0.246 e. The van der Waals surface area contributed by atoms with Crippen LogP contribution in [0.1, 0.15) is 13.8 Å². The van der Waals surface area contributed by atoms with E-state index in [0.717, 1.165) is 35.7 Å². The normalized spacial score (nSPS) is 28.2. The van der Waals surface area contributed by atoms with E-state index in [0.29, 0.717) is 11.8 Å². The third kappa shape index (κ3) is 1.71. The summed E-state index contributed by atoms with van der Waals surface area (Å²) in [6.07, 6.45) is 1.96.